The van der Waals surface area contributed by atoms with Crippen LogP contribution in [0.5, 0.6) is 0 Å². The lowest BCUT2D eigenvalue weighted by Crippen LogP contribution is -2.42. The average molecular weight is 499 g/mol. The first kappa shape index (κ1) is 24.7. The predicted octanol–water partition coefficient (Wildman–Crippen LogP) is 7.86. The van der Waals surface area contributed by atoms with E-state index in [1.165, 1.54) is 12.0 Å². The van der Waals surface area contributed by atoms with Gasteiger partial charge in [-0.3, -0.25) is 0 Å². The first-order valence-corrected chi connectivity index (χ1v) is 12.7. The van der Waals surface area contributed by atoms with Gasteiger partial charge in [-0.25, -0.2) is 4.68 Å². The Bertz CT molecular complexity index is 1140. The van der Waals surface area contributed by atoms with Crippen molar-refractivity contribution in [1.29, 1.82) is 0 Å². The lowest BCUT2D eigenvalue weighted by atomic mass is 9.79. The van der Waals surface area contributed by atoms with Gasteiger partial charge in [0.05, 0.1) is 11.6 Å². The molecule has 0 spiro atoms. The summed E-state index contributed by atoms with van der Waals surface area (Å²) in [5.74, 6) is 0.888. The van der Waals surface area contributed by atoms with Gasteiger partial charge in [0, 0.05) is 15.7 Å². The quantitative estimate of drug-likeness (QED) is 0.376. The number of allylic oxidation sites excluding steroid dienone is 1. The Morgan fingerprint density at radius 3 is 2.38 bits per heavy atom. The number of nitrogens with one attached hydrogen (secondary N) is 1. The minimum Gasteiger partial charge on any atom is -0.373 e. The van der Waals surface area contributed by atoms with Crippen LogP contribution in [0.2, 0.25) is 10.0 Å². The highest BCUT2D eigenvalue weighted by molar-refractivity contribution is 6.35. The molecule has 180 valence electrons. The number of halogens is 2. The molecule has 1 saturated carbocycles. The third-order valence-electron chi connectivity index (χ3n) is 6.63. The van der Waals surface area contributed by atoms with Crippen molar-refractivity contribution in [3.8, 4) is 0 Å². The van der Waals surface area contributed by atoms with Crippen LogP contribution in [0, 0.1) is 12.3 Å². The van der Waals surface area contributed by atoms with E-state index in [1.807, 2.05) is 22.9 Å². The van der Waals surface area contributed by atoms with Crippen molar-refractivity contribution in [3.63, 3.8) is 0 Å². The molecule has 1 N–H and O–H groups in total. The lowest BCUT2D eigenvalue weighted by Gasteiger charge is -2.39. The molecule has 1 aliphatic carbocycles. The van der Waals surface area contributed by atoms with E-state index in [9.17, 15) is 0 Å². The average Bonchev–Trinajstić information content (AvgIpc) is 3.27. The normalized spacial score (nSPS) is 17.1. The summed E-state index contributed by atoms with van der Waals surface area (Å²) in [7, 11) is 0. The second kappa shape index (κ2) is 10.1. The molecule has 34 heavy (non-hydrogen) atoms. The molecule has 1 heterocycles. The maximum Gasteiger partial charge on any atom is 0.177 e. The molecule has 5 nitrogen and oxygen atoms in total. The van der Waals surface area contributed by atoms with Crippen LogP contribution in [0.3, 0.4) is 0 Å². The highest BCUT2D eigenvalue weighted by atomic mass is 35.5. The zero-order valence-electron chi connectivity index (χ0n) is 20.4. The van der Waals surface area contributed by atoms with E-state index >= 15 is 0 Å². The maximum absolute atomic E-state index is 6.44. The Morgan fingerprint density at radius 1 is 1.03 bits per heavy atom. The molecule has 2 aromatic carbocycles. The van der Waals surface area contributed by atoms with Crippen molar-refractivity contribution >= 4 is 35.0 Å². The SMILES string of the molecule is Cc1ccc(NC2(c3nnnn3[C@H](/C=C/c3ccc(Cl)cc3Cl)C(C)(C)C)CCCCC2)cc1. The fourth-order valence-electron chi connectivity index (χ4n) is 4.74. The number of rotatable bonds is 6. The standard InChI is InChI=1S/C27H33Cl2N5/c1-19-8-13-22(14-9-19)30-27(16-6-5-7-17-27)25-31-32-33-34(25)24(26(2,3)4)15-11-20-10-12-21(28)18-23(20)29/h8-15,18,24,30H,5-7,16-17H2,1-4H3/b15-11+/t24-/m1/s1. The van der Waals surface area contributed by atoms with E-state index < -0.39 is 0 Å². The number of tetrazole rings is 1. The highest BCUT2D eigenvalue weighted by Crippen LogP contribution is 2.42. The molecule has 1 atom stereocenters. The van der Waals surface area contributed by atoms with Crippen molar-refractivity contribution < 1.29 is 0 Å². The molecule has 0 aliphatic heterocycles. The zero-order chi connectivity index (χ0) is 24.3. The third kappa shape index (κ3) is 5.47. The smallest absolute Gasteiger partial charge is 0.177 e. The highest BCUT2D eigenvalue weighted by Gasteiger charge is 2.41. The van der Waals surface area contributed by atoms with Crippen molar-refractivity contribution in [2.45, 2.75) is 71.4 Å². The summed E-state index contributed by atoms with van der Waals surface area (Å²) in [6.07, 6.45) is 9.69. The molecular weight excluding hydrogens is 465 g/mol. The number of benzene rings is 2. The van der Waals surface area contributed by atoms with E-state index in [4.69, 9.17) is 23.2 Å². The van der Waals surface area contributed by atoms with E-state index in [0.29, 0.717) is 10.0 Å². The molecular formula is C27H33Cl2N5. The van der Waals surface area contributed by atoms with Crippen LogP contribution >= 0.6 is 23.2 Å². The monoisotopic (exact) mass is 497 g/mol. The number of anilines is 1. The Balaban J connectivity index is 1.74. The second-order valence-electron chi connectivity index (χ2n) is 10.4. The Labute approximate surface area is 212 Å². The summed E-state index contributed by atoms with van der Waals surface area (Å²) in [6, 6.07) is 14.0. The Morgan fingerprint density at radius 2 is 1.74 bits per heavy atom. The van der Waals surface area contributed by atoms with Gasteiger partial charge in [0.1, 0.15) is 0 Å². The van der Waals surface area contributed by atoms with E-state index in [2.05, 4.69) is 78.9 Å². The first-order valence-electron chi connectivity index (χ1n) is 11.9. The largest absolute Gasteiger partial charge is 0.373 e. The van der Waals surface area contributed by atoms with Crippen molar-refractivity contribution in [2.75, 3.05) is 5.32 Å². The summed E-state index contributed by atoms with van der Waals surface area (Å²) in [4.78, 5) is 0. The van der Waals surface area contributed by atoms with Gasteiger partial charge in [0.25, 0.3) is 0 Å². The van der Waals surface area contributed by atoms with Crippen LogP contribution in [0.15, 0.2) is 48.5 Å². The van der Waals surface area contributed by atoms with Gasteiger partial charge in [0.2, 0.25) is 0 Å². The molecule has 4 rings (SSSR count). The summed E-state index contributed by atoms with van der Waals surface area (Å²) >= 11 is 12.5. The molecule has 0 bridgehead atoms. The lowest BCUT2D eigenvalue weighted by molar-refractivity contribution is 0.237. The third-order valence-corrected chi connectivity index (χ3v) is 7.20. The van der Waals surface area contributed by atoms with E-state index in [0.717, 1.165) is 42.8 Å². The molecule has 0 unspecified atom stereocenters. The van der Waals surface area contributed by atoms with Gasteiger partial charge in [-0.15, -0.1) is 5.10 Å². The fourth-order valence-corrected chi connectivity index (χ4v) is 5.21. The zero-order valence-corrected chi connectivity index (χ0v) is 21.9. The van der Waals surface area contributed by atoms with Gasteiger partial charge >= 0.3 is 0 Å². The number of nitrogens with zero attached hydrogens (tertiary/aromatic N) is 4. The topological polar surface area (TPSA) is 55.6 Å². The Kier molecular flexibility index (Phi) is 7.34. The molecule has 1 aromatic heterocycles. The molecule has 3 aromatic rings. The predicted molar refractivity (Wildman–Crippen MR) is 141 cm³/mol. The van der Waals surface area contributed by atoms with Crippen LogP contribution in [0.1, 0.15) is 75.9 Å². The first-order chi connectivity index (χ1) is 16.2. The molecule has 1 fully saturated rings. The van der Waals surface area contributed by atoms with Gasteiger partial charge in [0.15, 0.2) is 5.82 Å². The van der Waals surface area contributed by atoms with Gasteiger partial charge in [-0.05, 0) is 65.4 Å². The van der Waals surface area contributed by atoms with Crippen LogP contribution in [0.25, 0.3) is 6.08 Å². The fraction of sp³-hybridized carbons (Fsp3) is 0.444. The number of hydrogen-bond acceptors (Lipinski definition) is 4. The minimum atomic E-state index is -0.313. The van der Waals surface area contributed by atoms with Crippen LogP contribution in [0.4, 0.5) is 5.69 Å². The van der Waals surface area contributed by atoms with Gasteiger partial charge < -0.3 is 5.32 Å². The minimum absolute atomic E-state index is 0.0668. The number of hydrogen-bond donors (Lipinski definition) is 1. The summed E-state index contributed by atoms with van der Waals surface area (Å²) in [5, 5.41) is 18.4. The van der Waals surface area contributed by atoms with E-state index in [1.54, 1.807) is 6.07 Å². The van der Waals surface area contributed by atoms with Crippen molar-refractivity contribution in [2.24, 2.45) is 5.41 Å². The molecule has 1 aliphatic rings. The van der Waals surface area contributed by atoms with E-state index in [-0.39, 0.29) is 17.0 Å². The Hall–Kier alpha value is -2.37. The summed E-state index contributed by atoms with van der Waals surface area (Å²) < 4.78 is 2.01. The molecule has 0 radical (unpaired) electrons. The van der Waals surface area contributed by atoms with Gasteiger partial charge in [-0.1, -0.05) is 99.2 Å². The second-order valence-corrected chi connectivity index (χ2v) is 11.3. The maximum atomic E-state index is 6.44. The van der Waals surface area contributed by atoms with Crippen LogP contribution in [-0.4, -0.2) is 20.2 Å². The molecule has 0 saturated heterocycles. The number of aryl methyl sites for hydroxylation is 1. The molecule has 0 amide bonds. The van der Waals surface area contributed by atoms with Crippen molar-refractivity contribution in [3.05, 3.63) is 75.5 Å². The summed E-state index contributed by atoms with van der Waals surface area (Å²) in [6.45, 7) is 8.72. The molecule has 7 heteroatoms. The van der Waals surface area contributed by atoms with Crippen molar-refractivity contribution in [1.82, 2.24) is 20.2 Å². The van der Waals surface area contributed by atoms with Gasteiger partial charge in [-0.2, -0.15) is 0 Å². The van der Waals surface area contributed by atoms with Crippen LogP contribution < -0.4 is 5.32 Å². The summed E-state index contributed by atoms with van der Waals surface area (Å²) in [5.41, 5.74) is 2.82. The number of aromatic nitrogens is 4. The van der Waals surface area contributed by atoms with Crippen LogP contribution in [-0.2, 0) is 5.54 Å².